The van der Waals surface area contributed by atoms with Gasteiger partial charge in [0.05, 0.1) is 0 Å². The zero-order chi connectivity index (χ0) is 13.7. The number of nitrogens with zero attached hydrogens (tertiary/aromatic N) is 2. The van der Waals surface area contributed by atoms with E-state index >= 15 is 0 Å². The second kappa shape index (κ2) is 5.85. The van der Waals surface area contributed by atoms with E-state index in [2.05, 4.69) is 9.97 Å². The van der Waals surface area contributed by atoms with Gasteiger partial charge in [-0.15, -0.1) is 0 Å². The van der Waals surface area contributed by atoms with Crippen LogP contribution in [0.4, 0.5) is 19.4 Å². The second-order valence-corrected chi connectivity index (χ2v) is 3.51. The molecule has 1 aromatic carbocycles. The molecule has 0 bridgehead atoms. The number of benzene rings is 1. The molecule has 1 amide bonds. The molecule has 0 aliphatic carbocycles. The quantitative estimate of drug-likeness (QED) is 0.866. The number of nitrogens with one attached hydrogen (secondary N) is 1. The van der Waals surface area contributed by atoms with Crippen LogP contribution in [0.15, 0.2) is 36.7 Å². The van der Waals surface area contributed by atoms with Gasteiger partial charge in [0.25, 0.3) is 5.95 Å². The molecule has 0 aliphatic heterocycles. The smallest absolute Gasteiger partial charge is 0.413 e. The van der Waals surface area contributed by atoms with Crippen LogP contribution in [0.1, 0.15) is 5.56 Å². The Bertz CT molecular complexity index is 578. The topological polar surface area (TPSA) is 64.1 Å². The van der Waals surface area contributed by atoms with Gasteiger partial charge in [-0.2, -0.15) is 8.78 Å². The minimum Gasteiger partial charge on any atom is -0.444 e. The third-order valence-electron chi connectivity index (χ3n) is 2.18. The lowest BCUT2D eigenvalue weighted by Gasteiger charge is -2.06. The lowest BCUT2D eigenvalue weighted by molar-refractivity contribution is 0.155. The van der Waals surface area contributed by atoms with E-state index in [-0.39, 0.29) is 6.61 Å². The molecule has 0 fully saturated rings. The Kier molecular flexibility index (Phi) is 3.97. The van der Waals surface area contributed by atoms with Crippen LogP contribution in [0.2, 0.25) is 0 Å². The highest BCUT2D eigenvalue weighted by molar-refractivity contribution is 5.83. The maximum Gasteiger partial charge on any atom is 0.413 e. The number of ether oxygens (including phenoxy) is 1. The van der Waals surface area contributed by atoms with Crippen LogP contribution >= 0.6 is 0 Å². The number of halogens is 2. The maximum absolute atomic E-state index is 13.2. The summed E-state index contributed by atoms with van der Waals surface area (Å²) >= 11 is 0. The van der Waals surface area contributed by atoms with Crippen LogP contribution in [0, 0.1) is 11.8 Å². The fourth-order valence-corrected chi connectivity index (χ4v) is 1.29. The minimum atomic E-state index is -1.34. The van der Waals surface area contributed by atoms with Crippen molar-refractivity contribution in [1.29, 1.82) is 0 Å². The minimum absolute atomic E-state index is 0.0157. The highest BCUT2D eigenvalue weighted by Gasteiger charge is 2.13. The van der Waals surface area contributed by atoms with Crippen molar-refractivity contribution in [3.8, 4) is 0 Å². The number of anilines is 1. The maximum atomic E-state index is 13.2. The third kappa shape index (κ3) is 3.44. The van der Waals surface area contributed by atoms with Crippen LogP contribution < -0.4 is 5.32 Å². The van der Waals surface area contributed by atoms with Gasteiger partial charge >= 0.3 is 6.09 Å². The Balaban J connectivity index is 1.93. The van der Waals surface area contributed by atoms with Gasteiger partial charge in [-0.1, -0.05) is 30.3 Å². The summed E-state index contributed by atoms with van der Waals surface area (Å²) in [6.45, 7) is 0.0157. The third-order valence-corrected chi connectivity index (χ3v) is 2.18. The summed E-state index contributed by atoms with van der Waals surface area (Å²) in [7, 11) is 0. The molecule has 7 heteroatoms. The van der Waals surface area contributed by atoms with Crippen molar-refractivity contribution in [2.75, 3.05) is 5.32 Å². The fraction of sp³-hybridized carbons (Fsp3) is 0.0833. The Labute approximate surface area is 107 Å². The Hall–Kier alpha value is -2.57. The highest BCUT2D eigenvalue weighted by atomic mass is 19.2. The van der Waals surface area contributed by atoms with E-state index in [0.29, 0.717) is 0 Å². The van der Waals surface area contributed by atoms with Crippen molar-refractivity contribution in [3.63, 3.8) is 0 Å². The molecule has 0 radical (unpaired) electrons. The van der Waals surface area contributed by atoms with E-state index in [1.54, 1.807) is 24.3 Å². The Morgan fingerprint density at radius 2 is 1.95 bits per heavy atom. The Morgan fingerprint density at radius 3 is 2.68 bits per heavy atom. The first-order valence-electron chi connectivity index (χ1n) is 5.30. The molecule has 1 N–H and O–H groups in total. The van der Waals surface area contributed by atoms with Crippen LogP contribution in [-0.4, -0.2) is 16.1 Å². The summed E-state index contributed by atoms with van der Waals surface area (Å²) in [6.07, 6.45) is -0.133. The Morgan fingerprint density at radius 1 is 1.21 bits per heavy atom. The molecule has 0 spiro atoms. The van der Waals surface area contributed by atoms with Gasteiger partial charge in [-0.25, -0.2) is 14.8 Å². The molecule has 98 valence electrons. The average Bonchev–Trinajstić information content (AvgIpc) is 2.43. The number of aromatic nitrogens is 2. The van der Waals surface area contributed by atoms with Gasteiger partial charge < -0.3 is 4.74 Å². The van der Waals surface area contributed by atoms with Crippen LogP contribution in [0.5, 0.6) is 0 Å². The van der Waals surface area contributed by atoms with Crippen LogP contribution in [0.3, 0.4) is 0 Å². The molecule has 1 heterocycles. The molecule has 0 saturated heterocycles. The van der Waals surface area contributed by atoms with Gasteiger partial charge in [-0.3, -0.25) is 5.32 Å². The second-order valence-electron chi connectivity index (χ2n) is 3.51. The molecule has 2 rings (SSSR count). The summed E-state index contributed by atoms with van der Waals surface area (Å²) in [6, 6.07) is 8.92. The van der Waals surface area contributed by atoms with Crippen LogP contribution in [-0.2, 0) is 11.3 Å². The molecule has 1 aromatic heterocycles. The molecule has 0 unspecified atom stereocenters. The molecular weight excluding hydrogens is 256 g/mol. The van der Waals surface area contributed by atoms with E-state index in [1.165, 1.54) is 0 Å². The number of amides is 1. The van der Waals surface area contributed by atoms with Crippen molar-refractivity contribution in [2.24, 2.45) is 0 Å². The summed E-state index contributed by atoms with van der Waals surface area (Å²) < 4.78 is 30.7. The van der Waals surface area contributed by atoms with Crippen molar-refractivity contribution in [3.05, 3.63) is 54.0 Å². The van der Waals surface area contributed by atoms with E-state index in [1.807, 2.05) is 11.4 Å². The number of carbonyl (C=O) groups excluding carboxylic acids is 1. The van der Waals surface area contributed by atoms with Gasteiger partial charge in [-0.05, 0) is 5.56 Å². The summed E-state index contributed by atoms with van der Waals surface area (Å²) in [5.41, 5.74) is 0.770. The standard InChI is InChI=1S/C12H9F2N3O2/c13-9-10(14)15-7-16-11(9)17-12(18)19-6-8-4-2-1-3-5-8/h1-5,7H,6H2,(H,15,16,17,18). The monoisotopic (exact) mass is 265 g/mol. The van der Waals surface area contributed by atoms with Crippen molar-refractivity contribution in [1.82, 2.24) is 9.97 Å². The normalized spacial score (nSPS) is 10.0. The molecule has 0 saturated carbocycles. The number of carbonyl (C=O) groups is 1. The highest BCUT2D eigenvalue weighted by Crippen LogP contribution is 2.11. The summed E-state index contributed by atoms with van der Waals surface area (Å²) in [4.78, 5) is 17.8. The summed E-state index contributed by atoms with van der Waals surface area (Å²) in [5.74, 6) is -3.24. The van der Waals surface area contributed by atoms with Gasteiger partial charge in [0.15, 0.2) is 5.82 Å². The molecule has 19 heavy (non-hydrogen) atoms. The van der Waals surface area contributed by atoms with Gasteiger partial charge in [0.2, 0.25) is 5.82 Å². The largest absolute Gasteiger partial charge is 0.444 e. The number of rotatable bonds is 3. The van der Waals surface area contributed by atoms with Gasteiger partial charge in [0.1, 0.15) is 12.9 Å². The van der Waals surface area contributed by atoms with Gasteiger partial charge in [0, 0.05) is 0 Å². The SMILES string of the molecule is O=C(Nc1ncnc(F)c1F)OCc1ccccc1. The zero-order valence-electron chi connectivity index (χ0n) is 9.64. The van der Waals surface area contributed by atoms with E-state index in [4.69, 9.17) is 4.74 Å². The van der Waals surface area contributed by atoms with E-state index in [0.717, 1.165) is 11.9 Å². The molecule has 5 nitrogen and oxygen atoms in total. The first-order valence-corrected chi connectivity index (χ1v) is 5.30. The first kappa shape index (κ1) is 12.9. The molecular formula is C12H9F2N3O2. The molecule has 2 aromatic rings. The molecule has 0 aliphatic rings. The van der Waals surface area contributed by atoms with Crippen molar-refractivity contribution < 1.29 is 18.3 Å². The average molecular weight is 265 g/mol. The summed E-state index contributed by atoms with van der Waals surface area (Å²) in [5, 5.41) is 1.99. The number of hydrogen-bond donors (Lipinski definition) is 1. The van der Waals surface area contributed by atoms with Crippen molar-refractivity contribution in [2.45, 2.75) is 6.61 Å². The molecule has 0 atom stereocenters. The first-order chi connectivity index (χ1) is 9.16. The van der Waals surface area contributed by atoms with Crippen LogP contribution in [0.25, 0.3) is 0 Å². The van der Waals surface area contributed by atoms with E-state index in [9.17, 15) is 13.6 Å². The fourth-order valence-electron chi connectivity index (χ4n) is 1.29. The number of hydrogen-bond acceptors (Lipinski definition) is 4. The lowest BCUT2D eigenvalue weighted by atomic mass is 10.2. The lowest BCUT2D eigenvalue weighted by Crippen LogP contribution is -2.16. The predicted molar refractivity (Wildman–Crippen MR) is 62.2 cm³/mol. The van der Waals surface area contributed by atoms with Crippen molar-refractivity contribution >= 4 is 11.9 Å². The zero-order valence-corrected chi connectivity index (χ0v) is 9.64. The predicted octanol–water partition coefficient (Wildman–Crippen LogP) is 2.50. The van der Waals surface area contributed by atoms with E-state index < -0.39 is 23.7 Å².